The Kier molecular flexibility index (Phi) is 12.5. The van der Waals surface area contributed by atoms with Gasteiger partial charge in [-0.05, 0) is 76.9 Å². The van der Waals surface area contributed by atoms with Gasteiger partial charge in [0.15, 0.2) is 0 Å². The molecule has 2 amide bonds. The van der Waals surface area contributed by atoms with Crippen molar-refractivity contribution in [3.63, 3.8) is 0 Å². The molecule has 1 aromatic carbocycles. The van der Waals surface area contributed by atoms with Gasteiger partial charge < -0.3 is 20.3 Å². The average Bonchev–Trinajstić information content (AvgIpc) is 2.99. The van der Waals surface area contributed by atoms with Gasteiger partial charge in [0.25, 0.3) is 0 Å². The van der Waals surface area contributed by atoms with E-state index < -0.39 is 11.8 Å². The summed E-state index contributed by atoms with van der Waals surface area (Å²) in [6, 6.07) is 11.9. The molecule has 44 heavy (non-hydrogen) atoms. The number of pyridine rings is 1. The van der Waals surface area contributed by atoms with Crippen molar-refractivity contribution in [2.24, 2.45) is 9.98 Å². The minimum atomic E-state index is -0.504. The number of benzene rings is 1. The average molecular weight is 605 g/mol. The highest BCUT2D eigenvalue weighted by atomic mass is 16.6. The number of anilines is 2. The number of aliphatic imine (C=N–C) groups is 2. The molecule has 1 aromatic heterocycles. The van der Waals surface area contributed by atoms with Gasteiger partial charge in [0.05, 0.1) is 11.9 Å². The molecule has 0 spiro atoms. The summed E-state index contributed by atoms with van der Waals surface area (Å²) in [5.74, 6) is 0.729. The first kappa shape index (κ1) is 34.2. The SMILES string of the molecule is CC/C=C\C(=O)N(C)C(C)N=C(c1cccnc1N)N(C=NCC)c1ccc(CN2CCN(C(=O)OC(C)(C)C)CC2)cc1. The van der Waals surface area contributed by atoms with Crippen molar-refractivity contribution >= 4 is 35.7 Å². The zero-order chi connectivity index (χ0) is 32.3. The van der Waals surface area contributed by atoms with E-state index in [1.807, 2.05) is 76.8 Å². The zero-order valence-corrected chi connectivity index (χ0v) is 27.2. The van der Waals surface area contributed by atoms with Crippen molar-refractivity contribution in [1.82, 2.24) is 19.7 Å². The van der Waals surface area contributed by atoms with Crippen LogP contribution in [-0.4, -0.2) is 95.4 Å². The molecule has 0 aliphatic carbocycles. The number of hydrogen-bond acceptors (Lipinski definition) is 8. The molecule has 11 heteroatoms. The van der Waals surface area contributed by atoms with E-state index in [9.17, 15) is 9.59 Å². The predicted molar refractivity (Wildman–Crippen MR) is 178 cm³/mol. The Hall–Kier alpha value is -4.25. The van der Waals surface area contributed by atoms with Crippen LogP contribution in [-0.2, 0) is 16.1 Å². The van der Waals surface area contributed by atoms with Crippen molar-refractivity contribution in [3.8, 4) is 0 Å². The molecular weight excluding hydrogens is 556 g/mol. The number of amides is 2. The quantitative estimate of drug-likeness (QED) is 0.235. The van der Waals surface area contributed by atoms with E-state index in [-0.39, 0.29) is 12.0 Å². The summed E-state index contributed by atoms with van der Waals surface area (Å²) in [5, 5.41) is 0. The predicted octanol–water partition coefficient (Wildman–Crippen LogP) is 4.79. The maximum absolute atomic E-state index is 12.7. The molecule has 0 saturated carbocycles. The van der Waals surface area contributed by atoms with Crippen molar-refractivity contribution in [2.45, 2.75) is 66.3 Å². The lowest BCUT2D eigenvalue weighted by molar-refractivity contribution is -0.126. The van der Waals surface area contributed by atoms with Crippen molar-refractivity contribution < 1.29 is 14.3 Å². The number of likely N-dealkylation sites (N-methyl/N-ethyl adjacent to an activating group) is 1. The third-order valence-electron chi connectivity index (χ3n) is 7.05. The van der Waals surface area contributed by atoms with Gasteiger partial charge in [-0.2, -0.15) is 0 Å². The fraction of sp³-hybridized carbons (Fsp3) is 0.485. The number of allylic oxidation sites excluding steroid dienone is 1. The number of piperazine rings is 1. The van der Waals surface area contributed by atoms with Crippen LogP contribution in [0.1, 0.15) is 59.1 Å². The van der Waals surface area contributed by atoms with Gasteiger partial charge in [0.1, 0.15) is 23.4 Å². The van der Waals surface area contributed by atoms with Crippen LogP contribution in [0.5, 0.6) is 0 Å². The Balaban J connectivity index is 1.84. The van der Waals surface area contributed by atoms with E-state index in [0.717, 1.165) is 37.3 Å². The van der Waals surface area contributed by atoms with Crippen molar-refractivity contribution in [2.75, 3.05) is 50.4 Å². The van der Waals surface area contributed by atoms with E-state index in [4.69, 9.17) is 15.5 Å². The molecule has 1 fully saturated rings. The Morgan fingerprint density at radius 3 is 2.39 bits per heavy atom. The van der Waals surface area contributed by atoms with Gasteiger partial charge in [0, 0.05) is 58.2 Å². The molecule has 2 aromatic rings. The molecular formula is C33H48N8O3. The maximum atomic E-state index is 12.7. The molecule has 2 N–H and O–H groups in total. The van der Waals surface area contributed by atoms with Gasteiger partial charge >= 0.3 is 6.09 Å². The molecule has 0 bridgehead atoms. The van der Waals surface area contributed by atoms with Crippen LogP contribution in [0.15, 0.2) is 64.7 Å². The zero-order valence-electron chi connectivity index (χ0n) is 27.2. The smallest absolute Gasteiger partial charge is 0.410 e. The number of rotatable bonds is 10. The standard InChI is InChI=1S/C33H48N8O3/c1-8-10-13-29(42)38(7)25(3)37-31(28-12-11-18-36-30(28)34)41(24-35-9-2)27-16-14-26(15-17-27)23-39-19-21-40(22-20-39)32(43)44-33(4,5)6/h10-18,24-25H,8-9,19-23H2,1-7H3,(H2,34,36)/b13-10-,35-24?,37-31?. The number of carbonyl (C=O) groups is 2. The van der Waals surface area contributed by atoms with E-state index in [1.165, 1.54) is 0 Å². The second-order valence-electron chi connectivity index (χ2n) is 11.7. The van der Waals surface area contributed by atoms with Crippen LogP contribution in [0.4, 0.5) is 16.3 Å². The fourth-order valence-corrected chi connectivity index (χ4v) is 4.49. The first-order chi connectivity index (χ1) is 20.9. The number of ether oxygens (including phenoxy) is 1. The van der Waals surface area contributed by atoms with E-state index in [1.54, 1.807) is 35.5 Å². The highest BCUT2D eigenvalue weighted by molar-refractivity contribution is 6.21. The maximum Gasteiger partial charge on any atom is 0.410 e. The summed E-state index contributed by atoms with van der Waals surface area (Å²) in [6.45, 7) is 15.6. The number of hydrogen-bond donors (Lipinski definition) is 1. The number of nitrogens with two attached hydrogens (primary N) is 1. The van der Waals surface area contributed by atoms with Crippen LogP contribution in [0.25, 0.3) is 0 Å². The Morgan fingerprint density at radius 2 is 1.80 bits per heavy atom. The van der Waals surface area contributed by atoms with Crippen molar-refractivity contribution in [1.29, 1.82) is 0 Å². The van der Waals surface area contributed by atoms with Crippen LogP contribution in [0, 0.1) is 0 Å². The number of nitrogens with zero attached hydrogens (tertiary/aromatic N) is 7. The largest absolute Gasteiger partial charge is 0.444 e. The number of amidine groups is 1. The van der Waals surface area contributed by atoms with Gasteiger partial charge in [-0.15, -0.1) is 0 Å². The second kappa shape index (κ2) is 16.0. The molecule has 1 saturated heterocycles. The highest BCUT2D eigenvalue weighted by Gasteiger charge is 2.26. The van der Waals surface area contributed by atoms with Crippen LogP contribution < -0.4 is 10.6 Å². The molecule has 3 rings (SSSR count). The third kappa shape index (κ3) is 9.90. The van der Waals surface area contributed by atoms with Gasteiger partial charge in [-0.1, -0.05) is 25.1 Å². The van der Waals surface area contributed by atoms with Gasteiger partial charge in [-0.25, -0.2) is 14.8 Å². The van der Waals surface area contributed by atoms with Crippen molar-refractivity contribution in [3.05, 3.63) is 65.9 Å². The summed E-state index contributed by atoms with van der Waals surface area (Å²) >= 11 is 0. The molecule has 11 nitrogen and oxygen atoms in total. The van der Waals surface area contributed by atoms with E-state index >= 15 is 0 Å². The normalized spacial score (nSPS) is 15.5. The lowest BCUT2D eigenvalue weighted by Gasteiger charge is -2.35. The lowest BCUT2D eigenvalue weighted by Crippen LogP contribution is -2.49. The summed E-state index contributed by atoms with van der Waals surface area (Å²) in [7, 11) is 1.73. The molecule has 1 atom stereocenters. The lowest BCUT2D eigenvalue weighted by atomic mass is 10.1. The molecule has 1 unspecified atom stereocenters. The van der Waals surface area contributed by atoms with Gasteiger partial charge in [-0.3, -0.25) is 19.6 Å². The third-order valence-corrected chi connectivity index (χ3v) is 7.05. The topological polar surface area (TPSA) is 120 Å². The molecule has 2 heterocycles. The number of aromatic nitrogens is 1. The summed E-state index contributed by atoms with van der Waals surface area (Å²) in [4.78, 5) is 46.5. The summed E-state index contributed by atoms with van der Waals surface area (Å²) in [5.41, 5.74) is 8.46. The Morgan fingerprint density at radius 1 is 1.11 bits per heavy atom. The second-order valence-corrected chi connectivity index (χ2v) is 11.7. The highest BCUT2D eigenvalue weighted by Crippen LogP contribution is 2.22. The molecule has 1 aliphatic rings. The Bertz CT molecular complexity index is 1330. The number of nitrogen functional groups attached to an aromatic ring is 1. The van der Waals surface area contributed by atoms with E-state index in [0.29, 0.717) is 36.9 Å². The monoisotopic (exact) mass is 604 g/mol. The van der Waals surface area contributed by atoms with E-state index in [2.05, 4.69) is 27.0 Å². The van der Waals surface area contributed by atoms with Gasteiger partial charge in [0.2, 0.25) is 5.91 Å². The molecule has 1 aliphatic heterocycles. The van der Waals surface area contributed by atoms with Crippen LogP contribution in [0.3, 0.4) is 0 Å². The minimum Gasteiger partial charge on any atom is -0.444 e. The summed E-state index contributed by atoms with van der Waals surface area (Å²) in [6.07, 6.45) is 6.79. The van der Waals surface area contributed by atoms with Crippen LogP contribution >= 0.6 is 0 Å². The number of carbonyl (C=O) groups excluding carboxylic acids is 2. The Labute approximate surface area is 262 Å². The first-order valence-corrected chi connectivity index (χ1v) is 15.2. The van der Waals surface area contributed by atoms with Crippen LogP contribution in [0.2, 0.25) is 0 Å². The molecule has 0 radical (unpaired) electrons. The first-order valence-electron chi connectivity index (χ1n) is 15.2. The molecule has 238 valence electrons. The minimum absolute atomic E-state index is 0.133. The fourth-order valence-electron chi connectivity index (χ4n) is 4.49. The summed E-state index contributed by atoms with van der Waals surface area (Å²) < 4.78 is 5.53.